The third-order valence-corrected chi connectivity index (χ3v) is 23.3. The Morgan fingerprint density at radius 3 is 1.54 bits per heavy atom. The van der Waals surface area contributed by atoms with Gasteiger partial charge in [0.05, 0.1) is 45.4 Å². The molecule has 5 N–H and O–H groups in total. The summed E-state index contributed by atoms with van der Waals surface area (Å²) in [5, 5.41) is 45.1. The maximum Gasteiger partial charge on any atom is 0.337 e. The van der Waals surface area contributed by atoms with Crippen LogP contribution in [0.15, 0.2) is 24.3 Å². The van der Waals surface area contributed by atoms with E-state index in [1.165, 1.54) is 33.0 Å². The predicted molar refractivity (Wildman–Crippen MR) is 247 cm³/mol. The number of carbonyl (C=O) groups excluding carboxylic acids is 4. The van der Waals surface area contributed by atoms with Crippen LogP contribution in [-0.2, 0) is 44.0 Å². The zero-order chi connectivity index (χ0) is 49.1. The number of nitrogens with one attached hydrogen (secondary N) is 1. The van der Waals surface area contributed by atoms with Crippen molar-refractivity contribution in [3.8, 4) is 5.75 Å². The number of aliphatic hydroxyl groups excluding tert-OH is 2. The summed E-state index contributed by atoms with van der Waals surface area (Å²) in [7, 11) is -0.767. The van der Waals surface area contributed by atoms with Gasteiger partial charge in [-0.25, -0.2) is 9.59 Å². The molecule has 15 nitrogen and oxygen atoms in total. The number of aliphatic hydroxyl groups is 4. The lowest BCUT2D eigenvalue weighted by molar-refractivity contribution is -0.189. The zero-order valence-electron chi connectivity index (χ0n) is 41.7. The van der Waals surface area contributed by atoms with Crippen molar-refractivity contribution in [3.05, 3.63) is 29.8 Å². The molecule has 3 rings (SSSR count). The molecule has 2 amide bonds. The van der Waals surface area contributed by atoms with E-state index < -0.39 is 86.7 Å². The van der Waals surface area contributed by atoms with Gasteiger partial charge in [0.1, 0.15) is 17.0 Å². The van der Waals surface area contributed by atoms with Crippen LogP contribution in [0.3, 0.4) is 0 Å². The molecule has 2 heterocycles. The molecule has 63 heavy (non-hydrogen) atoms. The molecule has 0 radical (unpaired) electrons. The number of amides is 2. The first-order valence-electron chi connectivity index (χ1n) is 22.1. The molecule has 0 aliphatic carbocycles. The van der Waals surface area contributed by atoms with Gasteiger partial charge in [0.15, 0.2) is 27.7 Å². The van der Waals surface area contributed by atoms with Crippen molar-refractivity contribution in [1.29, 1.82) is 0 Å². The molecule has 8 atom stereocenters. The number of hydrogen-bond donors (Lipinski definition) is 5. The third kappa shape index (κ3) is 10.4. The molecular weight excluding hydrogens is 845 g/mol. The van der Waals surface area contributed by atoms with Gasteiger partial charge in [0.25, 0.3) is 0 Å². The Labute approximate surface area is 379 Å². The second kappa shape index (κ2) is 20.3. The van der Waals surface area contributed by atoms with E-state index in [1.807, 2.05) is 39.8 Å². The van der Waals surface area contributed by atoms with Gasteiger partial charge in [-0.3, -0.25) is 9.59 Å². The van der Waals surface area contributed by atoms with Gasteiger partial charge in [-0.15, -0.1) is 0 Å². The normalized spacial score (nSPS) is 27.8. The van der Waals surface area contributed by atoms with E-state index in [1.54, 1.807) is 19.2 Å². The first kappa shape index (κ1) is 56.2. The fourth-order valence-electron chi connectivity index (χ4n) is 8.61. The molecule has 0 saturated carbocycles. The number of benzene rings is 1. The Kier molecular flexibility index (Phi) is 18.1. The molecule has 1 aromatic carbocycles. The number of esters is 2. The van der Waals surface area contributed by atoms with Gasteiger partial charge in [-0.1, -0.05) is 81.4 Å². The molecule has 1 aromatic rings. The van der Waals surface area contributed by atoms with Crippen LogP contribution in [0.4, 0.5) is 0 Å². The number of nitrogens with zero attached hydrogens (tertiary/aromatic N) is 1. The average molecular weight is 927 g/mol. The molecular formula is C46H82N2O13Si2. The molecule has 2 fully saturated rings. The quantitative estimate of drug-likeness (QED) is 0.0958. The van der Waals surface area contributed by atoms with Gasteiger partial charge in [0.2, 0.25) is 11.8 Å². The SMILES string of the molecule is COC(=O)[C@]1([C@@H](O[Si](C)(C)C(C)(C)C)C(C)C)N(Cc2ccc(OC)cc2)C(=O)[C@H](CCO)[C@]1(C)O.COC(=O)[C@]1([C@@H](O[Si](C)(C)C(C)(C)C)C(C)C)NC(=O)[C@H](CCO)[C@]1(C)O. The number of likely N-dealkylation sites (tertiary alicyclic amines) is 1. The van der Waals surface area contributed by atoms with Gasteiger partial charge < -0.3 is 53.7 Å². The van der Waals surface area contributed by atoms with E-state index in [2.05, 4.69) is 73.0 Å². The van der Waals surface area contributed by atoms with Crippen molar-refractivity contribution in [2.75, 3.05) is 34.5 Å². The molecule has 0 spiro atoms. The average Bonchev–Trinajstić information content (AvgIpc) is 3.47. The van der Waals surface area contributed by atoms with Crippen LogP contribution in [0.25, 0.3) is 0 Å². The van der Waals surface area contributed by atoms with Crippen molar-refractivity contribution in [3.63, 3.8) is 0 Å². The van der Waals surface area contributed by atoms with Gasteiger partial charge in [0, 0.05) is 19.8 Å². The van der Waals surface area contributed by atoms with E-state index in [4.69, 9.17) is 23.1 Å². The van der Waals surface area contributed by atoms with Crippen LogP contribution in [0.1, 0.15) is 101 Å². The Morgan fingerprint density at radius 1 is 0.730 bits per heavy atom. The van der Waals surface area contributed by atoms with Gasteiger partial charge in [-0.05, 0) is 92.5 Å². The van der Waals surface area contributed by atoms with Crippen LogP contribution >= 0.6 is 0 Å². The number of carbonyl (C=O) groups is 4. The first-order chi connectivity index (χ1) is 28.6. The Balaban J connectivity index is 0.000000452. The minimum absolute atomic E-state index is 0.00853. The second-order valence-corrected chi connectivity index (χ2v) is 30.8. The highest BCUT2D eigenvalue weighted by Crippen LogP contribution is 2.53. The van der Waals surface area contributed by atoms with Crippen LogP contribution in [0, 0.1) is 23.7 Å². The molecule has 2 saturated heterocycles. The molecule has 0 bridgehead atoms. The third-order valence-electron chi connectivity index (χ3n) is 14.4. The smallest absolute Gasteiger partial charge is 0.337 e. The fraction of sp³-hybridized carbons (Fsp3) is 0.783. The minimum Gasteiger partial charge on any atom is -0.497 e. The van der Waals surface area contributed by atoms with E-state index >= 15 is 0 Å². The van der Waals surface area contributed by atoms with Crippen molar-refractivity contribution >= 4 is 40.4 Å². The molecule has 2 aliphatic heterocycles. The van der Waals surface area contributed by atoms with E-state index in [-0.39, 0.29) is 54.5 Å². The summed E-state index contributed by atoms with van der Waals surface area (Å²) in [6, 6.07) is 7.21. The maximum atomic E-state index is 13.9. The number of rotatable bonds is 17. The predicted octanol–water partition coefficient (Wildman–Crippen LogP) is 5.57. The van der Waals surface area contributed by atoms with Crippen molar-refractivity contribution in [1.82, 2.24) is 10.2 Å². The molecule has 0 unspecified atom stereocenters. The summed E-state index contributed by atoms with van der Waals surface area (Å²) in [4.78, 5) is 55.0. The van der Waals surface area contributed by atoms with Crippen LogP contribution in [-0.4, -0.2) is 135 Å². The number of methoxy groups -OCH3 is 3. The lowest BCUT2D eigenvalue weighted by Crippen LogP contribution is -2.73. The number of hydrogen-bond acceptors (Lipinski definition) is 13. The largest absolute Gasteiger partial charge is 0.497 e. The summed E-state index contributed by atoms with van der Waals surface area (Å²) in [6.45, 7) is 30.9. The van der Waals surface area contributed by atoms with E-state index in [0.717, 1.165) is 5.56 Å². The summed E-state index contributed by atoms with van der Waals surface area (Å²) < 4.78 is 29.1. The molecule has 0 aromatic heterocycles. The summed E-state index contributed by atoms with van der Waals surface area (Å²) in [5.41, 5.74) is -6.47. The van der Waals surface area contributed by atoms with Crippen LogP contribution < -0.4 is 10.1 Å². The van der Waals surface area contributed by atoms with E-state index in [9.17, 15) is 39.6 Å². The van der Waals surface area contributed by atoms with Crippen molar-refractivity contribution in [2.45, 2.75) is 173 Å². The van der Waals surface area contributed by atoms with Crippen LogP contribution in [0.5, 0.6) is 5.75 Å². The Hall–Kier alpha value is -2.91. The van der Waals surface area contributed by atoms with Gasteiger partial charge >= 0.3 is 11.9 Å². The number of ether oxygens (including phenoxy) is 3. The first-order valence-corrected chi connectivity index (χ1v) is 27.9. The highest BCUT2D eigenvalue weighted by Gasteiger charge is 2.74. The Bertz CT molecular complexity index is 1740. The maximum absolute atomic E-state index is 13.9. The zero-order valence-corrected chi connectivity index (χ0v) is 43.7. The van der Waals surface area contributed by atoms with Crippen molar-refractivity contribution < 1.29 is 62.7 Å². The van der Waals surface area contributed by atoms with Crippen molar-refractivity contribution in [2.24, 2.45) is 23.7 Å². The van der Waals surface area contributed by atoms with Gasteiger partial charge in [-0.2, -0.15) is 0 Å². The standard InChI is InChI=1S/C27H45NO7Si.C19H37NO6Si/c1-18(2)22(35-36(9,10)25(3,4)5)27(24(31)34-8)26(6,32)21(15-16-29)23(30)28(27)17-19-11-13-20(33-7)14-12-19;1-12(2)14(26-27(8,9)17(3,4)5)19(16(23)25-7)18(6,24)13(10-11-21)15(22)20-19/h11-14,18,21-22,29,32H,15-17H2,1-10H3;12-14,21,24H,10-11H2,1-9H3,(H,20,22)/t21-,22-,26-,27-;13-,14-,18-,19-/m00/s1. The minimum atomic E-state index is -2.49. The fourth-order valence-corrected chi connectivity index (χ4v) is 11.5. The highest BCUT2D eigenvalue weighted by molar-refractivity contribution is 6.74. The Morgan fingerprint density at radius 2 is 1.16 bits per heavy atom. The topological polar surface area (TPSA) is 211 Å². The molecule has 362 valence electrons. The molecule has 2 aliphatic rings. The summed E-state index contributed by atoms with van der Waals surface area (Å²) >= 11 is 0. The van der Waals surface area contributed by atoms with E-state index in [0.29, 0.717) is 5.75 Å². The van der Waals surface area contributed by atoms with Crippen LogP contribution in [0.2, 0.25) is 36.3 Å². The second-order valence-electron chi connectivity index (χ2n) is 21.3. The summed E-state index contributed by atoms with van der Waals surface area (Å²) in [5.74, 6) is -4.08. The summed E-state index contributed by atoms with van der Waals surface area (Å²) in [6.07, 6.45) is -1.59. The molecule has 17 heteroatoms. The lowest BCUT2D eigenvalue weighted by atomic mass is 9.69. The monoisotopic (exact) mass is 927 g/mol. The highest BCUT2D eigenvalue weighted by atomic mass is 28.4. The lowest BCUT2D eigenvalue weighted by Gasteiger charge is -2.52.